The molecule has 0 radical (unpaired) electrons. The molecule has 1 saturated heterocycles. The summed E-state index contributed by atoms with van der Waals surface area (Å²) in [6.45, 7) is 1.79. The van der Waals surface area contributed by atoms with Gasteiger partial charge in [0.2, 0.25) is 0 Å². The fourth-order valence-corrected chi connectivity index (χ4v) is 2.79. The maximum atomic E-state index is 12.7. The van der Waals surface area contributed by atoms with Crippen LogP contribution in [-0.4, -0.2) is 40.2 Å². The van der Waals surface area contributed by atoms with Crippen molar-refractivity contribution >= 4 is 5.91 Å². The van der Waals surface area contributed by atoms with Gasteiger partial charge in [0.05, 0.1) is 5.69 Å². The number of benzene rings is 1. The summed E-state index contributed by atoms with van der Waals surface area (Å²) in [7, 11) is 0. The Kier molecular flexibility index (Phi) is 4.31. The van der Waals surface area contributed by atoms with Gasteiger partial charge in [-0.2, -0.15) is 18.3 Å². The summed E-state index contributed by atoms with van der Waals surface area (Å²) in [5, 5.41) is 3.53. The lowest BCUT2D eigenvalue weighted by Gasteiger charge is -2.16. The topological polar surface area (TPSA) is 64.2 Å². The van der Waals surface area contributed by atoms with Crippen molar-refractivity contribution in [2.24, 2.45) is 11.7 Å². The molecule has 128 valence electrons. The number of hydrogen-bond donors (Lipinski definition) is 1. The number of aromatic nitrogens is 2. The zero-order chi connectivity index (χ0) is 17.3. The summed E-state index contributed by atoms with van der Waals surface area (Å²) >= 11 is 0. The number of carbonyl (C=O) groups excluding carboxylic acids is 1. The van der Waals surface area contributed by atoms with Crippen LogP contribution in [0.3, 0.4) is 0 Å². The first-order chi connectivity index (χ1) is 11.4. The van der Waals surface area contributed by atoms with Crippen molar-refractivity contribution in [2.75, 3.05) is 19.6 Å². The minimum atomic E-state index is -4.49. The second-order valence-electron chi connectivity index (χ2n) is 5.84. The van der Waals surface area contributed by atoms with Crippen LogP contribution in [-0.2, 0) is 6.18 Å². The second kappa shape index (κ2) is 6.27. The van der Waals surface area contributed by atoms with Gasteiger partial charge < -0.3 is 10.6 Å². The monoisotopic (exact) mass is 338 g/mol. The van der Waals surface area contributed by atoms with E-state index in [1.54, 1.807) is 29.2 Å². The first kappa shape index (κ1) is 16.5. The molecule has 1 aromatic heterocycles. The van der Waals surface area contributed by atoms with Gasteiger partial charge in [-0.15, -0.1) is 0 Å². The van der Waals surface area contributed by atoms with Gasteiger partial charge in [0.15, 0.2) is 5.69 Å². The minimum absolute atomic E-state index is 0.143. The molecule has 0 saturated carbocycles. The van der Waals surface area contributed by atoms with Crippen LogP contribution in [0, 0.1) is 5.92 Å². The summed E-state index contributed by atoms with van der Waals surface area (Å²) in [4.78, 5) is 14.3. The van der Waals surface area contributed by atoms with Crippen LogP contribution >= 0.6 is 0 Å². The van der Waals surface area contributed by atoms with Gasteiger partial charge in [0.25, 0.3) is 5.91 Å². The molecule has 8 heteroatoms. The number of likely N-dealkylation sites (tertiary alicyclic amines) is 1. The Morgan fingerprint density at radius 2 is 2.12 bits per heavy atom. The summed E-state index contributed by atoms with van der Waals surface area (Å²) < 4.78 is 39.1. The smallest absolute Gasteiger partial charge is 0.338 e. The maximum absolute atomic E-state index is 12.7. The number of hydrogen-bond acceptors (Lipinski definition) is 3. The molecule has 1 fully saturated rings. The molecule has 2 aromatic rings. The SMILES string of the molecule is NCC1CCN(C(=O)c2cccc(-n3ccc(C(F)(F)F)n3)c2)C1. The lowest BCUT2D eigenvalue weighted by Crippen LogP contribution is -2.29. The van der Waals surface area contributed by atoms with Gasteiger partial charge in [-0.25, -0.2) is 4.68 Å². The number of amides is 1. The van der Waals surface area contributed by atoms with Crippen molar-refractivity contribution in [2.45, 2.75) is 12.6 Å². The van der Waals surface area contributed by atoms with Gasteiger partial charge in [0.1, 0.15) is 0 Å². The fourth-order valence-electron chi connectivity index (χ4n) is 2.79. The Morgan fingerprint density at radius 1 is 1.33 bits per heavy atom. The van der Waals surface area contributed by atoms with Gasteiger partial charge >= 0.3 is 6.18 Å². The molecule has 2 heterocycles. The normalized spacial score (nSPS) is 18.2. The van der Waals surface area contributed by atoms with Gasteiger partial charge in [-0.05, 0) is 43.1 Å². The van der Waals surface area contributed by atoms with Gasteiger partial charge in [-0.3, -0.25) is 4.79 Å². The average molecular weight is 338 g/mol. The van der Waals surface area contributed by atoms with Crippen LogP contribution in [0.1, 0.15) is 22.5 Å². The standard InChI is InChI=1S/C16H17F3N4O/c17-16(18,19)14-5-7-23(21-14)13-3-1-2-12(8-13)15(24)22-6-4-11(9-20)10-22/h1-3,5,7-8,11H,4,6,9-10,20H2. The summed E-state index contributed by atoms with van der Waals surface area (Å²) in [5.74, 6) is 0.161. The van der Waals surface area contributed by atoms with Crippen LogP contribution in [0.25, 0.3) is 5.69 Å². The number of nitrogens with two attached hydrogens (primary N) is 1. The van der Waals surface area contributed by atoms with E-state index in [4.69, 9.17) is 5.73 Å². The molecule has 24 heavy (non-hydrogen) atoms. The molecule has 2 N–H and O–H groups in total. The van der Waals surface area contributed by atoms with Crippen molar-refractivity contribution < 1.29 is 18.0 Å². The molecule has 3 rings (SSSR count). The highest BCUT2D eigenvalue weighted by atomic mass is 19.4. The quantitative estimate of drug-likeness (QED) is 0.934. The second-order valence-corrected chi connectivity index (χ2v) is 5.84. The van der Waals surface area contributed by atoms with Crippen molar-refractivity contribution in [1.82, 2.24) is 14.7 Å². The zero-order valence-corrected chi connectivity index (χ0v) is 12.8. The van der Waals surface area contributed by atoms with Crippen LogP contribution < -0.4 is 5.73 Å². The van der Waals surface area contributed by atoms with Gasteiger partial charge in [0, 0.05) is 24.8 Å². The number of carbonyl (C=O) groups is 1. The highest BCUT2D eigenvalue weighted by molar-refractivity contribution is 5.94. The largest absolute Gasteiger partial charge is 0.435 e. The molecule has 0 aliphatic carbocycles. The van der Waals surface area contributed by atoms with Crippen molar-refractivity contribution in [1.29, 1.82) is 0 Å². The molecule has 5 nitrogen and oxygen atoms in total. The Hall–Kier alpha value is -2.35. The molecule has 1 aromatic carbocycles. The predicted molar refractivity (Wildman–Crippen MR) is 81.6 cm³/mol. The number of nitrogens with zero attached hydrogens (tertiary/aromatic N) is 3. The van der Waals surface area contributed by atoms with E-state index < -0.39 is 11.9 Å². The summed E-state index contributed by atoms with van der Waals surface area (Å²) in [6, 6.07) is 7.34. The molecule has 1 aliphatic rings. The van der Waals surface area contributed by atoms with E-state index in [1.165, 1.54) is 6.20 Å². The third-order valence-corrected chi connectivity index (χ3v) is 4.14. The molecule has 0 spiro atoms. The van der Waals surface area contributed by atoms with Crippen molar-refractivity contribution in [3.05, 3.63) is 47.8 Å². The molecular formula is C16H17F3N4O. The van der Waals surface area contributed by atoms with Crippen LogP contribution in [0.5, 0.6) is 0 Å². The zero-order valence-electron chi connectivity index (χ0n) is 12.8. The number of halogens is 3. The molecular weight excluding hydrogens is 321 g/mol. The van der Waals surface area contributed by atoms with E-state index in [9.17, 15) is 18.0 Å². The molecule has 1 amide bonds. The number of alkyl halides is 3. The Morgan fingerprint density at radius 3 is 2.75 bits per heavy atom. The fraction of sp³-hybridized carbons (Fsp3) is 0.375. The third kappa shape index (κ3) is 3.28. The van der Waals surface area contributed by atoms with E-state index in [0.29, 0.717) is 36.8 Å². The van der Waals surface area contributed by atoms with Crippen LogP contribution in [0.4, 0.5) is 13.2 Å². The molecule has 1 aliphatic heterocycles. The predicted octanol–water partition coefficient (Wildman–Crippen LogP) is 2.31. The first-order valence-corrected chi connectivity index (χ1v) is 7.61. The van der Waals surface area contributed by atoms with Crippen molar-refractivity contribution in [3.8, 4) is 5.69 Å². The average Bonchev–Trinajstić information content (AvgIpc) is 3.23. The Bertz CT molecular complexity index is 741. The number of rotatable bonds is 3. The van der Waals surface area contributed by atoms with Crippen LogP contribution in [0.15, 0.2) is 36.5 Å². The van der Waals surface area contributed by atoms with E-state index in [2.05, 4.69) is 5.10 Å². The maximum Gasteiger partial charge on any atom is 0.435 e. The van der Waals surface area contributed by atoms with Crippen molar-refractivity contribution in [3.63, 3.8) is 0 Å². The lowest BCUT2D eigenvalue weighted by atomic mass is 10.1. The summed E-state index contributed by atoms with van der Waals surface area (Å²) in [6.07, 6.45) is -2.39. The van der Waals surface area contributed by atoms with Gasteiger partial charge in [-0.1, -0.05) is 6.07 Å². The lowest BCUT2D eigenvalue weighted by molar-refractivity contribution is -0.141. The van der Waals surface area contributed by atoms with E-state index in [-0.39, 0.29) is 5.91 Å². The van der Waals surface area contributed by atoms with E-state index >= 15 is 0 Å². The first-order valence-electron chi connectivity index (χ1n) is 7.61. The highest BCUT2D eigenvalue weighted by Gasteiger charge is 2.33. The minimum Gasteiger partial charge on any atom is -0.338 e. The molecule has 0 bridgehead atoms. The Labute approximate surface area is 136 Å². The highest BCUT2D eigenvalue weighted by Crippen LogP contribution is 2.28. The van der Waals surface area contributed by atoms with E-state index in [0.717, 1.165) is 17.2 Å². The molecule has 1 unspecified atom stereocenters. The van der Waals surface area contributed by atoms with Crippen LogP contribution in [0.2, 0.25) is 0 Å². The summed E-state index contributed by atoms with van der Waals surface area (Å²) in [5.41, 5.74) is 5.50. The molecule has 1 atom stereocenters. The third-order valence-electron chi connectivity index (χ3n) is 4.14. The Balaban J connectivity index is 1.82. The van der Waals surface area contributed by atoms with E-state index in [1.807, 2.05) is 0 Å².